The van der Waals surface area contributed by atoms with Gasteiger partial charge >= 0.3 is 0 Å². The second-order valence-electron chi connectivity index (χ2n) is 2.80. The summed E-state index contributed by atoms with van der Waals surface area (Å²) in [6.45, 7) is 6.52. The van der Waals surface area contributed by atoms with Crippen molar-refractivity contribution in [3.8, 4) is 0 Å². The van der Waals surface area contributed by atoms with Crippen LogP contribution in [-0.4, -0.2) is 4.98 Å². The van der Waals surface area contributed by atoms with E-state index < -0.39 is 0 Å². The highest BCUT2D eigenvalue weighted by atomic mass is 32.1. The maximum absolute atomic E-state index is 4.47. The van der Waals surface area contributed by atoms with Crippen molar-refractivity contribution in [1.29, 1.82) is 0 Å². The first-order chi connectivity index (χ1) is 5.27. The van der Waals surface area contributed by atoms with Crippen LogP contribution in [-0.2, 0) is 0 Å². The molecule has 0 saturated carbocycles. The van der Waals surface area contributed by atoms with Gasteiger partial charge in [0.1, 0.15) is 0 Å². The maximum atomic E-state index is 4.47. The van der Waals surface area contributed by atoms with Crippen LogP contribution in [0.1, 0.15) is 43.3 Å². The lowest BCUT2D eigenvalue weighted by Crippen LogP contribution is -1.95. The second-order valence-corrected chi connectivity index (χ2v) is 3.87. The molecule has 0 bridgehead atoms. The second kappa shape index (κ2) is 3.86. The lowest BCUT2D eigenvalue weighted by atomic mass is 10.0. The molecule has 0 N–H and O–H groups in total. The standard InChI is InChI=1S/C9H15NS/c1-4-8(5-2)9-6-11-7(3)10-9/h6,8H,4-5H2,1-3H3. The largest absolute Gasteiger partial charge is 0.246 e. The van der Waals surface area contributed by atoms with E-state index >= 15 is 0 Å². The molecule has 0 saturated heterocycles. The molecule has 0 radical (unpaired) electrons. The molecule has 0 unspecified atom stereocenters. The van der Waals surface area contributed by atoms with Crippen LogP contribution in [0.25, 0.3) is 0 Å². The molecule has 2 heteroatoms. The molecule has 62 valence electrons. The first-order valence-electron chi connectivity index (χ1n) is 4.20. The third-order valence-electron chi connectivity index (χ3n) is 2.04. The van der Waals surface area contributed by atoms with E-state index in [-0.39, 0.29) is 0 Å². The van der Waals surface area contributed by atoms with Gasteiger partial charge in [-0.3, -0.25) is 0 Å². The van der Waals surface area contributed by atoms with Crippen molar-refractivity contribution in [1.82, 2.24) is 4.98 Å². The summed E-state index contributed by atoms with van der Waals surface area (Å²) in [7, 11) is 0. The molecular weight excluding hydrogens is 154 g/mol. The Morgan fingerprint density at radius 2 is 2.09 bits per heavy atom. The van der Waals surface area contributed by atoms with E-state index in [9.17, 15) is 0 Å². The third kappa shape index (κ3) is 2.03. The van der Waals surface area contributed by atoms with E-state index in [2.05, 4.69) is 31.1 Å². The summed E-state index contributed by atoms with van der Waals surface area (Å²) >= 11 is 1.75. The third-order valence-corrected chi connectivity index (χ3v) is 2.83. The number of aryl methyl sites for hydroxylation is 1. The fourth-order valence-electron chi connectivity index (χ4n) is 1.27. The van der Waals surface area contributed by atoms with Crippen LogP contribution in [0.4, 0.5) is 0 Å². The van der Waals surface area contributed by atoms with Gasteiger partial charge in [-0.2, -0.15) is 0 Å². The van der Waals surface area contributed by atoms with E-state index in [0.717, 1.165) is 0 Å². The van der Waals surface area contributed by atoms with Crippen molar-refractivity contribution < 1.29 is 0 Å². The number of hydrogen-bond donors (Lipinski definition) is 0. The van der Waals surface area contributed by atoms with E-state index in [1.54, 1.807) is 11.3 Å². The van der Waals surface area contributed by atoms with Crippen LogP contribution in [0.15, 0.2) is 5.38 Å². The van der Waals surface area contributed by atoms with Crippen LogP contribution >= 0.6 is 11.3 Å². The summed E-state index contributed by atoms with van der Waals surface area (Å²) < 4.78 is 0. The van der Waals surface area contributed by atoms with Gasteiger partial charge in [0.2, 0.25) is 0 Å². The van der Waals surface area contributed by atoms with Crippen molar-refractivity contribution in [3.63, 3.8) is 0 Å². The topological polar surface area (TPSA) is 12.9 Å². The smallest absolute Gasteiger partial charge is 0.0897 e. The Bertz CT molecular complexity index is 213. The molecule has 0 aromatic carbocycles. The zero-order valence-electron chi connectivity index (χ0n) is 7.42. The predicted octanol–water partition coefficient (Wildman–Crippen LogP) is 3.36. The highest BCUT2D eigenvalue weighted by Crippen LogP contribution is 2.23. The summed E-state index contributed by atoms with van der Waals surface area (Å²) in [6, 6.07) is 0. The Hall–Kier alpha value is -0.370. The number of rotatable bonds is 3. The number of hydrogen-bond acceptors (Lipinski definition) is 2. The average molecular weight is 169 g/mol. The minimum atomic E-state index is 0.681. The van der Waals surface area contributed by atoms with Gasteiger partial charge < -0.3 is 0 Å². The van der Waals surface area contributed by atoms with Gasteiger partial charge in [0.05, 0.1) is 10.7 Å². The highest BCUT2D eigenvalue weighted by molar-refractivity contribution is 7.09. The van der Waals surface area contributed by atoms with E-state index in [1.807, 2.05) is 0 Å². The fraction of sp³-hybridized carbons (Fsp3) is 0.667. The van der Waals surface area contributed by atoms with Crippen LogP contribution in [0.5, 0.6) is 0 Å². The van der Waals surface area contributed by atoms with E-state index in [1.165, 1.54) is 23.5 Å². The normalized spacial score (nSPS) is 10.9. The SMILES string of the molecule is CCC(CC)c1csc(C)n1. The van der Waals surface area contributed by atoms with Crippen LogP contribution in [0, 0.1) is 6.92 Å². The molecule has 0 fully saturated rings. The fourth-order valence-corrected chi connectivity index (χ4v) is 1.97. The van der Waals surface area contributed by atoms with Crippen molar-refractivity contribution >= 4 is 11.3 Å². The molecule has 1 aromatic heterocycles. The molecule has 1 rings (SSSR count). The molecule has 1 heterocycles. The summed E-state index contributed by atoms with van der Waals surface area (Å²) in [5, 5.41) is 3.37. The monoisotopic (exact) mass is 169 g/mol. The van der Waals surface area contributed by atoms with Gasteiger partial charge in [-0.05, 0) is 19.8 Å². The van der Waals surface area contributed by atoms with E-state index in [4.69, 9.17) is 0 Å². The lowest BCUT2D eigenvalue weighted by molar-refractivity contribution is 0.626. The number of nitrogens with zero attached hydrogens (tertiary/aromatic N) is 1. The minimum Gasteiger partial charge on any atom is -0.246 e. The first-order valence-corrected chi connectivity index (χ1v) is 5.07. The number of thiazole rings is 1. The molecule has 1 nitrogen and oxygen atoms in total. The van der Waals surface area contributed by atoms with Gasteiger partial charge in [0.25, 0.3) is 0 Å². The molecule has 0 amide bonds. The molecule has 1 aromatic rings. The summed E-state index contributed by atoms with van der Waals surface area (Å²) in [5.41, 5.74) is 1.29. The van der Waals surface area contributed by atoms with Gasteiger partial charge in [0.15, 0.2) is 0 Å². The average Bonchev–Trinajstić information content (AvgIpc) is 2.39. The predicted molar refractivity (Wildman–Crippen MR) is 50.2 cm³/mol. The molecule has 0 aliphatic carbocycles. The Morgan fingerprint density at radius 1 is 1.45 bits per heavy atom. The maximum Gasteiger partial charge on any atom is 0.0897 e. The Labute approximate surface area is 72.5 Å². The quantitative estimate of drug-likeness (QED) is 0.676. The molecule has 0 spiro atoms. The Balaban J connectivity index is 2.73. The lowest BCUT2D eigenvalue weighted by Gasteiger charge is -2.07. The highest BCUT2D eigenvalue weighted by Gasteiger charge is 2.08. The van der Waals surface area contributed by atoms with E-state index in [0.29, 0.717) is 5.92 Å². The van der Waals surface area contributed by atoms with Crippen molar-refractivity contribution in [2.24, 2.45) is 0 Å². The van der Waals surface area contributed by atoms with Crippen LogP contribution in [0.2, 0.25) is 0 Å². The molecular formula is C9H15NS. The summed E-state index contributed by atoms with van der Waals surface area (Å²) in [5.74, 6) is 0.681. The molecule has 11 heavy (non-hydrogen) atoms. The first kappa shape index (κ1) is 8.72. The van der Waals surface area contributed by atoms with Crippen LogP contribution < -0.4 is 0 Å². The summed E-state index contributed by atoms with van der Waals surface area (Å²) in [6.07, 6.45) is 2.42. The Morgan fingerprint density at radius 3 is 2.45 bits per heavy atom. The minimum absolute atomic E-state index is 0.681. The van der Waals surface area contributed by atoms with Gasteiger partial charge in [-0.1, -0.05) is 13.8 Å². The molecule has 0 aliphatic heterocycles. The zero-order chi connectivity index (χ0) is 8.27. The van der Waals surface area contributed by atoms with Crippen molar-refractivity contribution in [3.05, 3.63) is 16.1 Å². The van der Waals surface area contributed by atoms with Crippen molar-refractivity contribution in [2.45, 2.75) is 39.5 Å². The van der Waals surface area contributed by atoms with Crippen molar-refractivity contribution in [2.75, 3.05) is 0 Å². The van der Waals surface area contributed by atoms with Gasteiger partial charge in [0, 0.05) is 11.3 Å². The number of aromatic nitrogens is 1. The van der Waals surface area contributed by atoms with Crippen LogP contribution in [0.3, 0.4) is 0 Å². The Kier molecular flexibility index (Phi) is 3.06. The summed E-state index contributed by atoms with van der Waals surface area (Å²) in [4.78, 5) is 4.47. The molecule has 0 aliphatic rings. The zero-order valence-corrected chi connectivity index (χ0v) is 8.24. The van der Waals surface area contributed by atoms with Gasteiger partial charge in [-0.15, -0.1) is 11.3 Å². The molecule has 0 atom stereocenters. The van der Waals surface area contributed by atoms with Gasteiger partial charge in [-0.25, -0.2) is 4.98 Å².